The lowest BCUT2D eigenvalue weighted by molar-refractivity contribution is 0.413. The van der Waals surface area contributed by atoms with Crippen LogP contribution in [0.15, 0.2) is 30.3 Å². The highest BCUT2D eigenvalue weighted by Gasteiger charge is 2.09. The Morgan fingerprint density at radius 1 is 1.05 bits per heavy atom. The molecule has 4 heteroatoms. The number of aryl methyl sites for hydroxylation is 2. The number of ether oxygens (including phenoxy) is 2. The van der Waals surface area contributed by atoms with Gasteiger partial charge < -0.3 is 15.2 Å². The van der Waals surface area contributed by atoms with E-state index >= 15 is 0 Å². The molecule has 0 unspecified atom stereocenters. The molecule has 0 aliphatic rings. The van der Waals surface area contributed by atoms with Crippen molar-refractivity contribution in [2.75, 3.05) is 12.8 Å². The molecule has 2 aromatic rings. The number of anilines is 1. The minimum absolute atomic E-state index is 0.535. The lowest BCUT2D eigenvalue weighted by Gasteiger charge is -2.14. The van der Waals surface area contributed by atoms with Gasteiger partial charge in [0, 0.05) is 11.1 Å². The van der Waals surface area contributed by atoms with Crippen LogP contribution in [0.2, 0.25) is 5.02 Å². The zero-order valence-electron chi connectivity index (χ0n) is 11.2. The van der Waals surface area contributed by atoms with Crippen molar-refractivity contribution in [1.82, 2.24) is 0 Å². The van der Waals surface area contributed by atoms with E-state index in [1.54, 1.807) is 19.2 Å². The number of hydrogen-bond donors (Lipinski definition) is 1. The average Bonchev–Trinajstić information content (AvgIpc) is 2.35. The maximum atomic E-state index is 6.00. The van der Waals surface area contributed by atoms with Crippen LogP contribution in [0.25, 0.3) is 0 Å². The molecule has 2 N–H and O–H groups in total. The van der Waals surface area contributed by atoms with E-state index < -0.39 is 0 Å². The SMILES string of the molecule is COc1ccc(Oc2c(C)cc(Cl)cc2C)c(N)c1. The minimum atomic E-state index is 0.535. The lowest BCUT2D eigenvalue weighted by atomic mass is 10.1. The third-order valence-corrected chi connectivity index (χ3v) is 3.07. The van der Waals surface area contributed by atoms with Gasteiger partial charge in [0.2, 0.25) is 0 Å². The molecule has 0 bridgehead atoms. The Morgan fingerprint density at radius 3 is 2.21 bits per heavy atom. The first-order valence-corrected chi connectivity index (χ1v) is 6.27. The summed E-state index contributed by atoms with van der Waals surface area (Å²) in [5.41, 5.74) is 8.42. The van der Waals surface area contributed by atoms with E-state index in [-0.39, 0.29) is 0 Å². The molecule has 0 aliphatic carbocycles. The average molecular weight is 278 g/mol. The Balaban J connectivity index is 2.36. The fraction of sp³-hybridized carbons (Fsp3) is 0.200. The van der Waals surface area contributed by atoms with E-state index in [0.717, 1.165) is 16.9 Å². The summed E-state index contributed by atoms with van der Waals surface area (Å²) < 4.78 is 11.0. The minimum Gasteiger partial charge on any atom is -0.497 e. The predicted molar refractivity (Wildman–Crippen MR) is 78.4 cm³/mol. The van der Waals surface area contributed by atoms with Gasteiger partial charge in [-0.3, -0.25) is 0 Å². The fourth-order valence-corrected chi connectivity index (χ4v) is 2.24. The number of methoxy groups -OCH3 is 1. The first-order valence-electron chi connectivity index (χ1n) is 5.89. The standard InChI is InChI=1S/C15H16ClNO2/c1-9-6-11(16)7-10(2)15(9)19-14-5-4-12(18-3)8-13(14)17/h4-8H,17H2,1-3H3. The zero-order valence-corrected chi connectivity index (χ0v) is 11.9. The molecule has 0 radical (unpaired) electrons. The maximum Gasteiger partial charge on any atom is 0.150 e. The molecule has 0 spiro atoms. The van der Waals surface area contributed by atoms with Crippen molar-refractivity contribution in [3.05, 3.63) is 46.5 Å². The molecule has 2 rings (SSSR count). The van der Waals surface area contributed by atoms with E-state index in [0.29, 0.717) is 22.2 Å². The van der Waals surface area contributed by atoms with Crippen molar-refractivity contribution in [2.24, 2.45) is 0 Å². The van der Waals surface area contributed by atoms with E-state index in [4.69, 9.17) is 26.8 Å². The van der Waals surface area contributed by atoms with Gasteiger partial charge in [-0.05, 0) is 49.2 Å². The monoisotopic (exact) mass is 277 g/mol. The van der Waals surface area contributed by atoms with E-state index in [2.05, 4.69) is 0 Å². The summed E-state index contributed by atoms with van der Waals surface area (Å²) in [6, 6.07) is 9.07. The number of benzene rings is 2. The quantitative estimate of drug-likeness (QED) is 0.849. The third kappa shape index (κ3) is 2.93. The van der Waals surface area contributed by atoms with Crippen LogP contribution in [0, 0.1) is 13.8 Å². The molecule has 0 saturated carbocycles. The van der Waals surface area contributed by atoms with Crippen molar-refractivity contribution < 1.29 is 9.47 Å². The molecule has 19 heavy (non-hydrogen) atoms. The third-order valence-electron chi connectivity index (χ3n) is 2.85. The Hall–Kier alpha value is -1.87. The first-order chi connectivity index (χ1) is 9.01. The van der Waals surface area contributed by atoms with Crippen LogP contribution in [0.4, 0.5) is 5.69 Å². The Morgan fingerprint density at radius 2 is 1.68 bits per heavy atom. The van der Waals surface area contributed by atoms with Crippen molar-refractivity contribution in [3.8, 4) is 17.2 Å². The van der Waals surface area contributed by atoms with Gasteiger partial charge in [0.25, 0.3) is 0 Å². The lowest BCUT2D eigenvalue weighted by Crippen LogP contribution is -1.96. The van der Waals surface area contributed by atoms with E-state index in [1.807, 2.05) is 32.0 Å². The van der Waals surface area contributed by atoms with Crippen molar-refractivity contribution in [1.29, 1.82) is 0 Å². The second-order valence-electron chi connectivity index (χ2n) is 4.37. The second kappa shape index (κ2) is 5.41. The zero-order chi connectivity index (χ0) is 14.0. The van der Waals surface area contributed by atoms with Gasteiger partial charge in [-0.25, -0.2) is 0 Å². The molecule has 0 atom stereocenters. The summed E-state index contributed by atoms with van der Waals surface area (Å²) in [4.78, 5) is 0. The van der Waals surface area contributed by atoms with Crippen LogP contribution < -0.4 is 15.2 Å². The second-order valence-corrected chi connectivity index (χ2v) is 4.81. The van der Waals surface area contributed by atoms with Crippen LogP contribution in [0.5, 0.6) is 17.2 Å². The molecule has 100 valence electrons. The van der Waals surface area contributed by atoms with E-state index in [1.165, 1.54) is 0 Å². The van der Waals surface area contributed by atoms with Crippen molar-refractivity contribution in [3.63, 3.8) is 0 Å². The van der Waals surface area contributed by atoms with Crippen LogP contribution in [0.1, 0.15) is 11.1 Å². The largest absolute Gasteiger partial charge is 0.497 e. The van der Waals surface area contributed by atoms with Gasteiger partial charge >= 0.3 is 0 Å². The van der Waals surface area contributed by atoms with Gasteiger partial charge in [0.05, 0.1) is 12.8 Å². The molecule has 3 nitrogen and oxygen atoms in total. The van der Waals surface area contributed by atoms with E-state index in [9.17, 15) is 0 Å². The molecular weight excluding hydrogens is 262 g/mol. The molecular formula is C15H16ClNO2. The van der Waals surface area contributed by atoms with Gasteiger partial charge in [0.15, 0.2) is 5.75 Å². The Kier molecular flexibility index (Phi) is 3.86. The molecule has 0 aliphatic heterocycles. The molecule has 0 heterocycles. The summed E-state index contributed by atoms with van der Waals surface area (Å²) in [5, 5.41) is 0.699. The number of nitrogen functional groups attached to an aromatic ring is 1. The fourth-order valence-electron chi connectivity index (χ4n) is 1.91. The highest BCUT2D eigenvalue weighted by Crippen LogP contribution is 2.35. The normalized spacial score (nSPS) is 10.3. The molecule has 0 saturated heterocycles. The predicted octanol–water partition coefficient (Wildman–Crippen LogP) is 4.34. The highest BCUT2D eigenvalue weighted by molar-refractivity contribution is 6.30. The van der Waals surface area contributed by atoms with Gasteiger partial charge in [-0.15, -0.1) is 0 Å². The molecule has 2 aromatic carbocycles. The van der Waals surface area contributed by atoms with Gasteiger partial charge in [-0.1, -0.05) is 11.6 Å². The number of nitrogens with two attached hydrogens (primary N) is 1. The first kappa shape index (κ1) is 13.6. The van der Waals surface area contributed by atoms with Crippen LogP contribution in [-0.4, -0.2) is 7.11 Å². The Labute approximate surface area is 117 Å². The van der Waals surface area contributed by atoms with Crippen LogP contribution in [-0.2, 0) is 0 Å². The number of hydrogen-bond acceptors (Lipinski definition) is 3. The summed E-state index contributed by atoms with van der Waals surface area (Å²) in [5.74, 6) is 2.09. The maximum absolute atomic E-state index is 6.00. The number of halogens is 1. The summed E-state index contributed by atoms with van der Waals surface area (Å²) in [6.45, 7) is 3.90. The topological polar surface area (TPSA) is 44.5 Å². The highest BCUT2D eigenvalue weighted by atomic mass is 35.5. The Bertz CT molecular complexity index is 588. The molecule has 0 amide bonds. The van der Waals surface area contributed by atoms with Gasteiger partial charge in [-0.2, -0.15) is 0 Å². The van der Waals surface area contributed by atoms with Crippen LogP contribution in [0.3, 0.4) is 0 Å². The van der Waals surface area contributed by atoms with Crippen molar-refractivity contribution >= 4 is 17.3 Å². The molecule has 0 fully saturated rings. The smallest absolute Gasteiger partial charge is 0.150 e. The summed E-state index contributed by atoms with van der Waals surface area (Å²) >= 11 is 6.00. The summed E-state index contributed by atoms with van der Waals surface area (Å²) in [7, 11) is 1.60. The van der Waals surface area contributed by atoms with Crippen LogP contribution >= 0.6 is 11.6 Å². The number of rotatable bonds is 3. The summed E-state index contributed by atoms with van der Waals surface area (Å²) in [6.07, 6.45) is 0. The molecule has 0 aromatic heterocycles. The van der Waals surface area contributed by atoms with Gasteiger partial charge in [0.1, 0.15) is 11.5 Å². The van der Waals surface area contributed by atoms with Crippen molar-refractivity contribution in [2.45, 2.75) is 13.8 Å².